The van der Waals surface area contributed by atoms with Gasteiger partial charge in [-0.25, -0.2) is 0 Å². The molecule has 0 radical (unpaired) electrons. The molecule has 1 aliphatic rings. The van der Waals surface area contributed by atoms with E-state index in [2.05, 4.69) is 10.6 Å². The Kier molecular flexibility index (Phi) is 6.49. The summed E-state index contributed by atoms with van der Waals surface area (Å²) >= 11 is 0. The lowest BCUT2D eigenvalue weighted by Gasteiger charge is -2.35. The Balaban J connectivity index is 1.91. The lowest BCUT2D eigenvalue weighted by atomic mass is 10.1. The minimum atomic E-state index is -0.398. The van der Waals surface area contributed by atoms with Gasteiger partial charge in [0.1, 0.15) is 0 Å². The molecule has 2 unspecified atom stereocenters. The molecule has 8 nitrogen and oxygen atoms in total. The Bertz CT molecular complexity index is 622. The van der Waals surface area contributed by atoms with Crippen LogP contribution in [-0.2, 0) is 14.3 Å². The molecule has 25 heavy (non-hydrogen) atoms. The summed E-state index contributed by atoms with van der Waals surface area (Å²) in [6.07, 6.45) is 0.0185. The van der Waals surface area contributed by atoms with Crippen LogP contribution in [0.25, 0.3) is 0 Å². The standard InChI is InChI=1S/C17H24N4O4/c1-11-9-21(10-12(2)25-11)17(24)13-3-5-14(6-4-13)20-16(23)8-19-15(22)7-18/h3-6,11-12H,7-10,18H2,1-2H3,(H,19,22)(H,20,23). The maximum absolute atomic E-state index is 12.6. The highest BCUT2D eigenvalue weighted by molar-refractivity contribution is 5.97. The number of carbonyl (C=O) groups excluding carboxylic acids is 3. The number of hydrogen-bond donors (Lipinski definition) is 3. The molecule has 1 aromatic rings. The van der Waals surface area contributed by atoms with Crippen molar-refractivity contribution in [3.63, 3.8) is 0 Å². The molecule has 0 saturated carbocycles. The van der Waals surface area contributed by atoms with E-state index < -0.39 is 5.91 Å². The number of ether oxygens (including phenoxy) is 1. The van der Waals surface area contributed by atoms with Gasteiger partial charge in [0.15, 0.2) is 0 Å². The van der Waals surface area contributed by atoms with Crippen LogP contribution in [0, 0.1) is 0 Å². The van der Waals surface area contributed by atoms with Crippen molar-refractivity contribution in [1.29, 1.82) is 0 Å². The van der Waals surface area contributed by atoms with Crippen LogP contribution in [0.4, 0.5) is 5.69 Å². The molecule has 0 spiro atoms. The molecule has 2 rings (SSSR count). The summed E-state index contributed by atoms with van der Waals surface area (Å²) < 4.78 is 5.63. The fraction of sp³-hybridized carbons (Fsp3) is 0.471. The van der Waals surface area contributed by atoms with Gasteiger partial charge in [-0.3, -0.25) is 14.4 Å². The molecular formula is C17H24N4O4. The molecule has 0 aromatic heterocycles. The molecule has 0 bridgehead atoms. The van der Waals surface area contributed by atoms with Crippen molar-refractivity contribution in [3.8, 4) is 0 Å². The van der Waals surface area contributed by atoms with Crippen LogP contribution >= 0.6 is 0 Å². The maximum atomic E-state index is 12.6. The highest BCUT2D eigenvalue weighted by atomic mass is 16.5. The predicted octanol–water partition coefficient (Wildman–Crippen LogP) is -0.0506. The Hall–Kier alpha value is -2.45. The van der Waals surface area contributed by atoms with Gasteiger partial charge in [0.25, 0.3) is 5.91 Å². The first-order chi connectivity index (χ1) is 11.9. The van der Waals surface area contributed by atoms with E-state index in [-0.39, 0.29) is 37.1 Å². The molecule has 1 aromatic carbocycles. The number of nitrogens with zero attached hydrogens (tertiary/aromatic N) is 1. The summed E-state index contributed by atoms with van der Waals surface area (Å²) in [5, 5.41) is 5.03. The van der Waals surface area contributed by atoms with Crippen molar-refractivity contribution < 1.29 is 19.1 Å². The number of morpholine rings is 1. The van der Waals surface area contributed by atoms with Gasteiger partial charge in [-0.2, -0.15) is 0 Å². The predicted molar refractivity (Wildman–Crippen MR) is 93.0 cm³/mol. The van der Waals surface area contributed by atoms with E-state index in [4.69, 9.17) is 10.5 Å². The molecule has 8 heteroatoms. The van der Waals surface area contributed by atoms with E-state index in [1.165, 1.54) is 0 Å². The number of anilines is 1. The van der Waals surface area contributed by atoms with Crippen molar-refractivity contribution in [2.45, 2.75) is 26.1 Å². The van der Waals surface area contributed by atoms with Crippen LogP contribution in [0.3, 0.4) is 0 Å². The zero-order valence-corrected chi connectivity index (χ0v) is 14.5. The van der Waals surface area contributed by atoms with Gasteiger partial charge >= 0.3 is 0 Å². The smallest absolute Gasteiger partial charge is 0.254 e. The number of amides is 3. The third-order valence-electron chi connectivity index (χ3n) is 3.75. The fourth-order valence-electron chi connectivity index (χ4n) is 2.68. The van der Waals surface area contributed by atoms with Crippen LogP contribution in [0.2, 0.25) is 0 Å². The highest BCUT2D eigenvalue weighted by Gasteiger charge is 2.26. The first-order valence-electron chi connectivity index (χ1n) is 8.20. The maximum Gasteiger partial charge on any atom is 0.254 e. The summed E-state index contributed by atoms with van der Waals surface area (Å²) in [4.78, 5) is 37.1. The second kappa shape index (κ2) is 8.59. The number of carbonyl (C=O) groups is 3. The minimum Gasteiger partial charge on any atom is -0.372 e. The second-order valence-corrected chi connectivity index (χ2v) is 6.07. The lowest BCUT2D eigenvalue weighted by Crippen LogP contribution is -2.48. The Morgan fingerprint density at radius 3 is 2.28 bits per heavy atom. The summed E-state index contributed by atoms with van der Waals surface area (Å²) in [5.74, 6) is -0.822. The quantitative estimate of drug-likeness (QED) is 0.690. The number of nitrogens with two attached hydrogens (primary N) is 1. The molecule has 4 N–H and O–H groups in total. The number of hydrogen-bond acceptors (Lipinski definition) is 5. The summed E-state index contributed by atoms with van der Waals surface area (Å²) in [7, 11) is 0. The van der Waals surface area contributed by atoms with Crippen LogP contribution in [0.15, 0.2) is 24.3 Å². The zero-order chi connectivity index (χ0) is 18.4. The van der Waals surface area contributed by atoms with Crippen LogP contribution in [-0.4, -0.2) is 61.0 Å². The van der Waals surface area contributed by atoms with E-state index in [0.29, 0.717) is 24.3 Å². The summed E-state index contributed by atoms with van der Waals surface area (Å²) in [6, 6.07) is 6.65. The van der Waals surface area contributed by atoms with Crippen LogP contribution < -0.4 is 16.4 Å². The molecule has 136 valence electrons. The average molecular weight is 348 g/mol. The second-order valence-electron chi connectivity index (χ2n) is 6.07. The van der Waals surface area contributed by atoms with E-state index in [0.717, 1.165) is 0 Å². The van der Waals surface area contributed by atoms with Gasteiger partial charge in [-0.1, -0.05) is 0 Å². The first kappa shape index (κ1) is 18.9. The van der Waals surface area contributed by atoms with Crippen molar-refractivity contribution >= 4 is 23.4 Å². The Morgan fingerprint density at radius 2 is 1.72 bits per heavy atom. The first-order valence-corrected chi connectivity index (χ1v) is 8.20. The van der Waals surface area contributed by atoms with Gasteiger partial charge in [0.2, 0.25) is 11.8 Å². The summed E-state index contributed by atoms with van der Waals surface area (Å²) in [5.41, 5.74) is 6.25. The average Bonchev–Trinajstić information content (AvgIpc) is 2.58. The van der Waals surface area contributed by atoms with E-state index in [9.17, 15) is 14.4 Å². The monoisotopic (exact) mass is 348 g/mol. The fourth-order valence-corrected chi connectivity index (χ4v) is 2.68. The molecule has 0 aliphatic carbocycles. The summed E-state index contributed by atoms with van der Waals surface area (Å²) in [6.45, 7) is 4.68. The molecule has 1 heterocycles. The van der Waals surface area contributed by atoms with Gasteiger partial charge < -0.3 is 26.0 Å². The van der Waals surface area contributed by atoms with Gasteiger partial charge in [-0.15, -0.1) is 0 Å². The Morgan fingerprint density at radius 1 is 1.12 bits per heavy atom. The Labute approximate surface area is 146 Å². The topological polar surface area (TPSA) is 114 Å². The van der Waals surface area contributed by atoms with E-state index >= 15 is 0 Å². The van der Waals surface area contributed by atoms with Gasteiger partial charge in [0.05, 0.1) is 25.3 Å². The number of rotatable bonds is 5. The van der Waals surface area contributed by atoms with Crippen LogP contribution in [0.1, 0.15) is 24.2 Å². The van der Waals surface area contributed by atoms with Crippen molar-refractivity contribution in [2.75, 3.05) is 31.5 Å². The third-order valence-corrected chi connectivity index (χ3v) is 3.75. The van der Waals surface area contributed by atoms with Gasteiger partial charge in [-0.05, 0) is 38.1 Å². The SMILES string of the molecule is CC1CN(C(=O)c2ccc(NC(=O)CNC(=O)CN)cc2)CC(C)O1. The molecule has 3 amide bonds. The molecule has 1 fully saturated rings. The van der Waals surface area contributed by atoms with Crippen molar-refractivity contribution in [1.82, 2.24) is 10.2 Å². The number of nitrogens with one attached hydrogen (secondary N) is 2. The van der Waals surface area contributed by atoms with Crippen molar-refractivity contribution in [3.05, 3.63) is 29.8 Å². The molecule has 1 aliphatic heterocycles. The van der Waals surface area contributed by atoms with Crippen LogP contribution in [0.5, 0.6) is 0 Å². The normalized spacial score (nSPS) is 20.0. The van der Waals surface area contributed by atoms with Crippen molar-refractivity contribution in [2.24, 2.45) is 5.73 Å². The molecular weight excluding hydrogens is 324 g/mol. The van der Waals surface area contributed by atoms with E-state index in [1.807, 2.05) is 13.8 Å². The highest BCUT2D eigenvalue weighted by Crippen LogP contribution is 2.16. The largest absolute Gasteiger partial charge is 0.372 e. The molecule has 1 saturated heterocycles. The minimum absolute atomic E-state index is 0.00925. The molecule has 2 atom stereocenters. The third kappa shape index (κ3) is 5.54. The van der Waals surface area contributed by atoms with E-state index in [1.54, 1.807) is 29.2 Å². The van der Waals surface area contributed by atoms with Gasteiger partial charge in [0, 0.05) is 24.3 Å². The zero-order valence-electron chi connectivity index (χ0n) is 14.5. The number of benzene rings is 1. The lowest BCUT2D eigenvalue weighted by molar-refractivity contribution is -0.123.